The highest BCUT2D eigenvalue weighted by molar-refractivity contribution is 5.86. The van der Waals surface area contributed by atoms with Crippen molar-refractivity contribution >= 4 is 5.84 Å². The zero-order chi connectivity index (χ0) is 17.8. The van der Waals surface area contributed by atoms with Gasteiger partial charge in [-0.15, -0.1) is 0 Å². The number of hydrogen-bond donors (Lipinski definition) is 1. The van der Waals surface area contributed by atoms with Crippen molar-refractivity contribution in [2.24, 2.45) is 4.99 Å². The largest absolute Gasteiger partial charge is 0.376 e. The van der Waals surface area contributed by atoms with Crippen LogP contribution in [0.3, 0.4) is 0 Å². The standard InChI is InChI=1S/C22H26N2O2/c1-22(18-11-6-3-7-12-18)21(17-9-4-2-5-10-17)23-20(24-22)16-25-15-19-13-8-14-26-19/h2-7,9-12,19,21H,8,13-16H2,1H3,(H,23,24)/t19?,21-,22+/m1/s1. The second kappa shape index (κ2) is 7.60. The normalized spacial score (nSPS) is 28.0. The van der Waals surface area contributed by atoms with Crippen LogP contribution in [-0.4, -0.2) is 31.8 Å². The zero-order valence-electron chi connectivity index (χ0n) is 15.2. The second-order valence-electron chi connectivity index (χ2n) is 7.21. The van der Waals surface area contributed by atoms with Crippen LogP contribution < -0.4 is 5.32 Å². The number of benzene rings is 2. The summed E-state index contributed by atoms with van der Waals surface area (Å²) in [4.78, 5) is 5.05. The van der Waals surface area contributed by atoms with Crippen molar-refractivity contribution in [3.05, 3.63) is 71.8 Å². The summed E-state index contributed by atoms with van der Waals surface area (Å²) in [5.74, 6) is 0.906. The minimum atomic E-state index is -0.356. The Morgan fingerprint density at radius 3 is 2.54 bits per heavy atom. The lowest BCUT2D eigenvalue weighted by atomic mass is 9.82. The topological polar surface area (TPSA) is 42.9 Å². The van der Waals surface area contributed by atoms with Gasteiger partial charge >= 0.3 is 0 Å². The Balaban J connectivity index is 1.53. The molecular weight excluding hydrogens is 324 g/mol. The van der Waals surface area contributed by atoms with Crippen LogP contribution in [0.15, 0.2) is 65.7 Å². The van der Waals surface area contributed by atoms with Gasteiger partial charge in [0.05, 0.1) is 18.8 Å². The lowest BCUT2D eigenvalue weighted by molar-refractivity contribution is 0.0293. The van der Waals surface area contributed by atoms with Crippen LogP contribution in [0.25, 0.3) is 0 Å². The summed E-state index contributed by atoms with van der Waals surface area (Å²) < 4.78 is 11.5. The van der Waals surface area contributed by atoms with E-state index >= 15 is 0 Å². The van der Waals surface area contributed by atoms with E-state index in [2.05, 4.69) is 60.8 Å². The number of nitrogens with one attached hydrogen (secondary N) is 1. The molecule has 0 amide bonds. The molecule has 1 saturated heterocycles. The Labute approximate surface area is 155 Å². The molecule has 0 saturated carbocycles. The molecule has 1 fully saturated rings. The van der Waals surface area contributed by atoms with Crippen molar-refractivity contribution < 1.29 is 9.47 Å². The fourth-order valence-corrected chi connectivity index (χ4v) is 3.88. The molecule has 0 aromatic heterocycles. The van der Waals surface area contributed by atoms with Crippen molar-refractivity contribution in [2.45, 2.75) is 37.5 Å². The Bertz CT molecular complexity index is 741. The first-order valence-corrected chi connectivity index (χ1v) is 9.41. The van der Waals surface area contributed by atoms with Gasteiger partial charge in [-0.25, -0.2) is 0 Å². The van der Waals surface area contributed by atoms with Crippen molar-refractivity contribution in [2.75, 3.05) is 19.8 Å². The number of hydrogen-bond acceptors (Lipinski definition) is 4. The van der Waals surface area contributed by atoms with E-state index in [1.807, 2.05) is 12.1 Å². The van der Waals surface area contributed by atoms with Crippen molar-refractivity contribution in [3.8, 4) is 0 Å². The first-order valence-electron chi connectivity index (χ1n) is 9.41. The van der Waals surface area contributed by atoms with E-state index in [0.29, 0.717) is 13.2 Å². The predicted octanol–water partition coefficient (Wildman–Crippen LogP) is 3.84. The van der Waals surface area contributed by atoms with E-state index in [0.717, 1.165) is 25.3 Å². The molecule has 3 atom stereocenters. The van der Waals surface area contributed by atoms with Crippen LogP contribution in [0.2, 0.25) is 0 Å². The summed E-state index contributed by atoms with van der Waals surface area (Å²) in [6.07, 6.45) is 2.46. The summed E-state index contributed by atoms with van der Waals surface area (Å²) in [6.45, 7) is 4.18. The predicted molar refractivity (Wildman–Crippen MR) is 103 cm³/mol. The summed E-state index contributed by atoms with van der Waals surface area (Å²) >= 11 is 0. The number of nitrogens with zero attached hydrogens (tertiary/aromatic N) is 1. The molecule has 4 nitrogen and oxygen atoms in total. The van der Waals surface area contributed by atoms with Gasteiger partial charge in [-0.2, -0.15) is 0 Å². The van der Waals surface area contributed by atoms with Crippen LogP contribution in [0.1, 0.15) is 36.9 Å². The molecule has 2 aliphatic heterocycles. The van der Waals surface area contributed by atoms with E-state index in [9.17, 15) is 0 Å². The average molecular weight is 350 g/mol. The van der Waals surface area contributed by atoms with Crippen molar-refractivity contribution in [1.29, 1.82) is 0 Å². The fraction of sp³-hybridized carbons (Fsp3) is 0.409. The van der Waals surface area contributed by atoms with Gasteiger partial charge in [-0.3, -0.25) is 4.99 Å². The molecule has 0 radical (unpaired) electrons. The maximum atomic E-state index is 5.90. The maximum absolute atomic E-state index is 5.90. The number of aliphatic imine (C=N–C) groups is 1. The minimum Gasteiger partial charge on any atom is -0.376 e. The van der Waals surface area contributed by atoms with Gasteiger partial charge in [0, 0.05) is 6.61 Å². The molecule has 0 bridgehead atoms. The zero-order valence-corrected chi connectivity index (χ0v) is 15.2. The highest BCUT2D eigenvalue weighted by atomic mass is 16.5. The molecule has 0 spiro atoms. The Morgan fingerprint density at radius 1 is 1.12 bits per heavy atom. The first-order chi connectivity index (χ1) is 12.8. The first kappa shape index (κ1) is 17.3. The number of ether oxygens (including phenoxy) is 2. The van der Waals surface area contributed by atoms with E-state index < -0.39 is 0 Å². The molecule has 1 N–H and O–H groups in total. The Kier molecular flexibility index (Phi) is 5.05. The third-order valence-corrected chi connectivity index (χ3v) is 5.30. The molecule has 4 heteroatoms. The highest BCUT2D eigenvalue weighted by Crippen LogP contribution is 2.41. The fourth-order valence-electron chi connectivity index (χ4n) is 3.88. The quantitative estimate of drug-likeness (QED) is 0.861. The van der Waals surface area contributed by atoms with Gasteiger partial charge in [-0.1, -0.05) is 60.7 Å². The van der Waals surface area contributed by atoms with Gasteiger partial charge in [0.25, 0.3) is 0 Å². The number of rotatable bonds is 6. The minimum absolute atomic E-state index is 0.0902. The van der Waals surface area contributed by atoms with Crippen LogP contribution >= 0.6 is 0 Å². The molecule has 1 unspecified atom stereocenters. The van der Waals surface area contributed by atoms with E-state index in [1.165, 1.54) is 11.1 Å². The smallest absolute Gasteiger partial charge is 0.124 e. The lowest BCUT2D eigenvalue weighted by Gasteiger charge is -2.30. The van der Waals surface area contributed by atoms with Crippen molar-refractivity contribution in [1.82, 2.24) is 5.32 Å². The summed E-state index contributed by atoms with van der Waals surface area (Å²) in [7, 11) is 0. The molecule has 136 valence electrons. The van der Waals surface area contributed by atoms with Crippen LogP contribution in [-0.2, 0) is 15.0 Å². The van der Waals surface area contributed by atoms with Gasteiger partial charge in [0.2, 0.25) is 0 Å². The molecule has 4 rings (SSSR count). The third-order valence-electron chi connectivity index (χ3n) is 5.30. The summed E-state index contributed by atoms with van der Waals surface area (Å²) in [5.41, 5.74) is 2.08. The van der Waals surface area contributed by atoms with Gasteiger partial charge in [0.1, 0.15) is 18.0 Å². The molecule has 2 aromatic carbocycles. The Morgan fingerprint density at radius 2 is 1.85 bits per heavy atom. The van der Waals surface area contributed by atoms with Crippen LogP contribution in [0, 0.1) is 0 Å². The van der Waals surface area contributed by atoms with Crippen LogP contribution in [0.4, 0.5) is 0 Å². The lowest BCUT2D eigenvalue weighted by Crippen LogP contribution is -2.34. The monoisotopic (exact) mass is 350 g/mol. The average Bonchev–Trinajstić information content (AvgIpc) is 3.32. The summed E-state index contributed by atoms with van der Waals surface area (Å²) in [5, 5.41) is 3.61. The summed E-state index contributed by atoms with van der Waals surface area (Å²) in [6, 6.07) is 21.1. The molecular formula is C22H26N2O2. The van der Waals surface area contributed by atoms with Gasteiger partial charge in [-0.05, 0) is 30.9 Å². The SMILES string of the molecule is C[C@@]1(c2ccccc2)N=C(COCC2CCCO2)N[C@@H]1c1ccccc1. The molecule has 0 aliphatic carbocycles. The molecule has 26 heavy (non-hydrogen) atoms. The Hall–Kier alpha value is -2.17. The maximum Gasteiger partial charge on any atom is 0.124 e. The van der Waals surface area contributed by atoms with Gasteiger partial charge < -0.3 is 14.8 Å². The third kappa shape index (κ3) is 3.53. The second-order valence-corrected chi connectivity index (χ2v) is 7.21. The molecule has 2 aliphatic rings. The highest BCUT2D eigenvalue weighted by Gasteiger charge is 2.42. The van der Waals surface area contributed by atoms with E-state index in [4.69, 9.17) is 14.5 Å². The number of amidine groups is 1. The molecule has 2 aromatic rings. The van der Waals surface area contributed by atoms with E-state index in [1.54, 1.807) is 0 Å². The molecule has 2 heterocycles. The van der Waals surface area contributed by atoms with Gasteiger partial charge in [0.15, 0.2) is 0 Å². The van der Waals surface area contributed by atoms with Crippen molar-refractivity contribution in [3.63, 3.8) is 0 Å². The van der Waals surface area contributed by atoms with E-state index in [-0.39, 0.29) is 17.7 Å². The van der Waals surface area contributed by atoms with Crippen LogP contribution in [0.5, 0.6) is 0 Å².